The summed E-state index contributed by atoms with van der Waals surface area (Å²) in [5, 5.41) is 21.4. The van der Waals surface area contributed by atoms with Crippen LogP contribution in [0, 0.1) is 0 Å². The fourth-order valence-electron chi connectivity index (χ4n) is 6.55. The number of aromatic nitrogens is 3. The molecule has 0 saturated carbocycles. The van der Waals surface area contributed by atoms with Crippen LogP contribution in [0.2, 0.25) is 5.02 Å². The molecule has 0 bridgehead atoms. The standard InChI is InChI=1S/C33H38ClN7O3/c1-22-20-27(13-17-39(22)2)35-31(44)23-5-11-26(12-6-23)36-32-37-30-28(4-3-16-41(30)38-32)40-18-14-33(15-19-40,21-29(42)43)24-7-9-25(34)10-8-24/h3-12,16,22,27H,13-15,17-21H2,1-2H3,(H,35,44)(H,36,38)(H,42,43). The lowest BCUT2D eigenvalue weighted by molar-refractivity contribution is -0.138. The van der Waals surface area contributed by atoms with E-state index in [1.165, 1.54) is 0 Å². The van der Waals surface area contributed by atoms with Gasteiger partial charge in [0.2, 0.25) is 5.95 Å². The summed E-state index contributed by atoms with van der Waals surface area (Å²) in [4.78, 5) is 34.1. The van der Waals surface area contributed by atoms with E-state index in [-0.39, 0.29) is 18.4 Å². The molecule has 230 valence electrons. The number of carbonyl (C=O) groups excluding carboxylic acids is 1. The van der Waals surface area contributed by atoms with E-state index in [0.717, 1.165) is 42.0 Å². The van der Waals surface area contributed by atoms with Crippen molar-refractivity contribution >= 4 is 46.4 Å². The van der Waals surface area contributed by atoms with Gasteiger partial charge >= 0.3 is 5.97 Å². The number of piperidine rings is 2. The summed E-state index contributed by atoms with van der Waals surface area (Å²) in [5.74, 6) is -0.406. The van der Waals surface area contributed by atoms with Gasteiger partial charge in [-0.05, 0) is 93.7 Å². The number of carboxylic acid groups (broad SMARTS) is 1. The number of halogens is 1. The molecule has 2 aliphatic heterocycles. The van der Waals surface area contributed by atoms with Gasteiger partial charge < -0.3 is 25.5 Å². The predicted molar refractivity (Wildman–Crippen MR) is 172 cm³/mol. The molecule has 0 spiro atoms. The average molecular weight is 616 g/mol. The number of nitrogens with zero attached hydrogens (tertiary/aromatic N) is 5. The van der Waals surface area contributed by atoms with Crippen LogP contribution in [-0.2, 0) is 10.2 Å². The maximum Gasteiger partial charge on any atom is 0.304 e. The zero-order valence-electron chi connectivity index (χ0n) is 25.0. The van der Waals surface area contributed by atoms with Crippen LogP contribution in [-0.4, -0.2) is 75.2 Å². The Balaban J connectivity index is 1.13. The third-order valence-corrected chi connectivity index (χ3v) is 9.55. The molecule has 2 aromatic carbocycles. The Bertz CT molecular complexity index is 1630. The third-order valence-electron chi connectivity index (χ3n) is 9.30. The van der Waals surface area contributed by atoms with E-state index in [2.05, 4.69) is 39.5 Å². The van der Waals surface area contributed by atoms with Crippen LogP contribution >= 0.6 is 11.6 Å². The minimum absolute atomic E-state index is 0.0567. The number of carbonyl (C=O) groups is 2. The first-order chi connectivity index (χ1) is 21.2. The maximum atomic E-state index is 12.9. The molecule has 4 heterocycles. The van der Waals surface area contributed by atoms with Crippen molar-refractivity contribution in [3.63, 3.8) is 0 Å². The Labute approximate surface area is 262 Å². The van der Waals surface area contributed by atoms with Gasteiger partial charge in [0, 0.05) is 59.6 Å². The highest BCUT2D eigenvalue weighted by Crippen LogP contribution is 2.41. The second-order valence-corrected chi connectivity index (χ2v) is 12.6. The van der Waals surface area contributed by atoms with Crippen molar-refractivity contribution < 1.29 is 14.7 Å². The Morgan fingerprint density at radius 3 is 2.45 bits per heavy atom. The number of hydrogen-bond acceptors (Lipinski definition) is 7. The Morgan fingerprint density at radius 1 is 1.05 bits per heavy atom. The zero-order valence-corrected chi connectivity index (χ0v) is 25.8. The second-order valence-electron chi connectivity index (χ2n) is 12.2. The number of likely N-dealkylation sites (tertiary alicyclic amines) is 1. The molecule has 2 fully saturated rings. The summed E-state index contributed by atoms with van der Waals surface area (Å²) < 4.78 is 1.75. The van der Waals surface area contributed by atoms with Crippen molar-refractivity contribution in [1.82, 2.24) is 24.8 Å². The van der Waals surface area contributed by atoms with Gasteiger partial charge in [0.25, 0.3) is 5.91 Å². The molecule has 2 aliphatic rings. The van der Waals surface area contributed by atoms with Crippen LogP contribution in [0.15, 0.2) is 66.9 Å². The summed E-state index contributed by atoms with van der Waals surface area (Å²) in [7, 11) is 2.12. The van der Waals surface area contributed by atoms with Gasteiger partial charge in [-0.25, -0.2) is 4.52 Å². The monoisotopic (exact) mass is 615 g/mol. The smallest absolute Gasteiger partial charge is 0.304 e. The van der Waals surface area contributed by atoms with Gasteiger partial charge in [0.05, 0.1) is 12.1 Å². The van der Waals surface area contributed by atoms with Crippen LogP contribution < -0.4 is 15.5 Å². The molecule has 3 N–H and O–H groups in total. The number of anilines is 3. The molecule has 44 heavy (non-hydrogen) atoms. The molecule has 2 saturated heterocycles. The molecular weight excluding hydrogens is 578 g/mol. The number of rotatable bonds is 8. The fourth-order valence-corrected chi connectivity index (χ4v) is 6.68. The molecule has 4 aromatic rings. The van der Waals surface area contributed by atoms with Gasteiger partial charge in [-0.2, -0.15) is 4.98 Å². The number of benzene rings is 2. The number of carboxylic acids is 1. The maximum absolute atomic E-state index is 12.9. The SMILES string of the molecule is CC1CC(NC(=O)c2ccc(Nc3nc4c(N5CCC(CC(=O)O)(c6ccc(Cl)cc6)CC5)cccn4n3)cc2)CCN1C. The van der Waals surface area contributed by atoms with Crippen molar-refractivity contribution in [2.24, 2.45) is 0 Å². The molecule has 2 aromatic heterocycles. The van der Waals surface area contributed by atoms with Crippen LogP contribution in [0.1, 0.15) is 54.9 Å². The van der Waals surface area contributed by atoms with Crippen molar-refractivity contribution in [2.45, 2.75) is 56.5 Å². The second kappa shape index (κ2) is 12.5. The summed E-state index contributed by atoms with van der Waals surface area (Å²) in [6, 6.07) is 19.5. The lowest BCUT2D eigenvalue weighted by Gasteiger charge is -2.42. The molecular formula is C33H38ClN7O3. The highest BCUT2D eigenvalue weighted by molar-refractivity contribution is 6.30. The van der Waals surface area contributed by atoms with Gasteiger partial charge in [-0.15, -0.1) is 5.10 Å². The normalized spacial score (nSPS) is 20.4. The van der Waals surface area contributed by atoms with Crippen molar-refractivity contribution in [1.29, 1.82) is 0 Å². The van der Waals surface area contributed by atoms with Crippen molar-refractivity contribution in [3.8, 4) is 0 Å². The van der Waals surface area contributed by atoms with E-state index in [9.17, 15) is 14.7 Å². The summed E-state index contributed by atoms with van der Waals surface area (Å²) in [6.45, 7) is 4.54. The van der Waals surface area contributed by atoms with Gasteiger partial charge in [-0.3, -0.25) is 9.59 Å². The molecule has 6 rings (SSSR count). The molecule has 10 nitrogen and oxygen atoms in total. The minimum Gasteiger partial charge on any atom is -0.481 e. The minimum atomic E-state index is -0.802. The van der Waals surface area contributed by atoms with Crippen LogP contribution in [0.5, 0.6) is 0 Å². The van der Waals surface area contributed by atoms with Gasteiger partial charge in [0.1, 0.15) is 0 Å². The molecule has 0 radical (unpaired) electrons. The summed E-state index contributed by atoms with van der Waals surface area (Å²) in [6.07, 6.45) is 5.23. The van der Waals surface area contributed by atoms with E-state index in [4.69, 9.17) is 16.6 Å². The first-order valence-corrected chi connectivity index (χ1v) is 15.5. The van der Waals surface area contributed by atoms with E-state index >= 15 is 0 Å². The van der Waals surface area contributed by atoms with Crippen LogP contribution in [0.4, 0.5) is 17.3 Å². The van der Waals surface area contributed by atoms with Crippen LogP contribution in [0.25, 0.3) is 5.65 Å². The number of fused-ring (bicyclic) bond motifs is 1. The highest BCUT2D eigenvalue weighted by atomic mass is 35.5. The van der Waals surface area contributed by atoms with E-state index in [1.807, 2.05) is 66.9 Å². The average Bonchev–Trinajstić information content (AvgIpc) is 3.42. The number of hydrogen-bond donors (Lipinski definition) is 3. The van der Waals surface area contributed by atoms with Crippen LogP contribution in [0.3, 0.4) is 0 Å². The third kappa shape index (κ3) is 6.37. The zero-order chi connectivity index (χ0) is 30.8. The molecule has 11 heteroatoms. The number of aliphatic carboxylic acids is 1. The molecule has 2 unspecified atom stereocenters. The lowest BCUT2D eigenvalue weighted by atomic mass is 9.70. The first kappa shape index (κ1) is 29.9. The fraction of sp³-hybridized carbons (Fsp3) is 0.394. The molecule has 2 atom stereocenters. The van der Waals surface area contributed by atoms with E-state index in [0.29, 0.717) is 48.5 Å². The Hall–Kier alpha value is -4.15. The number of pyridine rings is 1. The molecule has 0 aliphatic carbocycles. The topological polar surface area (TPSA) is 115 Å². The highest BCUT2D eigenvalue weighted by Gasteiger charge is 2.38. The summed E-state index contributed by atoms with van der Waals surface area (Å²) >= 11 is 6.11. The summed E-state index contributed by atoms with van der Waals surface area (Å²) in [5.41, 5.74) is 3.63. The largest absolute Gasteiger partial charge is 0.481 e. The number of nitrogens with one attached hydrogen (secondary N) is 2. The van der Waals surface area contributed by atoms with Gasteiger partial charge in [-0.1, -0.05) is 23.7 Å². The van der Waals surface area contributed by atoms with Crippen molar-refractivity contribution in [3.05, 3.63) is 83.0 Å². The Kier molecular flexibility index (Phi) is 8.46. The van der Waals surface area contributed by atoms with E-state index < -0.39 is 11.4 Å². The predicted octanol–water partition coefficient (Wildman–Crippen LogP) is 5.35. The van der Waals surface area contributed by atoms with Crippen molar-refractivity contribution in [2.75, 3.05) is 36.9 Å². The quantitative estimate of drug-likeness (QED) is 0.243. The lowest BCUT2D eigenvalue weighted by Crippen LogP contribution is -2.47. The van der Waals surface area contributed by atoms with Gasteiger partial charge in [0.15, 0.2) is 5.65 Å². The first-order valence-electron chi connectivity index (χ1n) is 15.2. The number of amides is 1. The molecule has 1 amide bonds. The Morgan fingerprint density at radius 2 is 1.77 bits per heavy atom. The van der Waals surface area contributed by atoms with E-state index in [1.54, 1.807) is 4.52 Å².